The Hall–Kier alpha value is -2.61. The summed E-state index contributed by atoms with van der Waals surface area (Å²) in [7, 11) is 0. The molecular formula is C28H35F3N2O3. The predicted molar refractivity (Wildman–Crippen MR) is 133 cm³/mol. The van der Waals surface area contributed by atoms with Gasteiger partial charge in [-0.25, -0.2) is 4.99 Å². The van der Waals surface area contributed by atoms with Gasteiger partial charge in [-0.1, -0.05) is 37.3 Å². The quantitative estimate of drug-likeness (QED) is 0.343. The average molecular weight is 505 g/mol. The number of halogens is 3. The zero-order valence-corrected chi connectivity index (χ0v) is 20.9. The fourth-order valence-corrected chi connectivity index (χ4v) is 5.84. The highest BCUT2D eigenvalue weighted by Crippen LogP contribution is 2.47. The van der Waals surface area contributed by atoms with Gasteiger partial charge in [0.05, 0.1) is 24.2 Å². The fraction of sp³-hybridized carbons (Fsp3) is 0.571. The monoisotopic (exact) mass is 504 g/mol. The van der Waals surface area contributed by atoms with E-state index in [-0.39, 0.29) is 23.8 Å². The van der Waals surface area contributed by atoms with Gasteiger partial charge in [0.15, 0.2) is 0 Å². The van der Waals surface area contributed by atoms with Gasteiger partial charge in [-0.2, -0.15) is 13.2 Å². The Bertz CT molecular complexity index is 1040. The van der Waals surface area contributed by atoms with Gasteiger partial charge in [0.1, 0.15) is 5.82 Å². The molecule has 1 saturated carbocycles. The highest BCUT2D eigenvalue weighted by molar-refractivity contribution is 5.71. The van der Waals surface area contributed by atoms with E-state index in [1.165, 1.54) is 11.6 Å². The number of aliphatic carboxylic acids is 1. The Kier molecular flexibility index (Phi) is 7.93. The van der Waals surface area contributed by atoms with Crippen molar-refractivity contribution in [2.75, 3.05) is 13.1 Å². The molecule has 1 aromatic carbocycles. The smallest absolute Gasteiger partial charge is 0.419 e. The maximum absolute atomic E-state index is 13.6. The molecule has 4 rings (SSSR count). The molecule has 1 saturated heterocycles. The second-order valence-corrected chi connectivity index (χ2v) is 10.3. The van der Waals surface area contributed by atoms with Crippen molar-refractivity contribution in [3.05, 3.63) is 58.4 Å². The highest BCUT2D eigenvalue weighted by atomic mass is 19.4. The van der Waals surface area contributed by atoms with Crippen LogP contribution in [0.1, 0.15) is 62.1 Å². The van der Waals surface area contributed by atoms with Crippen LogP contribution >= 0.6 is 0 Å². The first-order valence-electron chi connectivity index (χ1n) is 12.8. The van der Waals surface area contributed by atoms with E-state index in [0.29, 0.717) is 38.5 Å². The SMILES string of the molecule is C=N/C(=C(\C=C/C)C(F)(F)F)N1CCC(C2Cc3cc([C@H](C4CC4)[C@H](C)C(=O)O)ccc3CO2)CC1. The van der Waals surface area contributed by atoms with Gasteiger partial charge in [0.25, 0.3) is 0 Å². The number of benzene rings is 1. The van der Waals surface area contributed by atoms with Crippen molar-refractivity contribution >= 4 is 12.7 Å². The first-order chi connectivity index (χ1) is 17.1. The van der Waals surface area contributed by atoms with Crippen LogP contribution in [0.25, 0.3) is 0 Å². The predicted octanol–water partition coefficient (Wildman–Crippen LogP) is 6.10. The minimum atomic E-state index is -4.50. The van der Waals surface area contributed by atoms with Crippen molar-refractivity contribution in [3.8, 4) is 0 Å². The zero-order valence-electron chi connectivity index (χ0n) is 20.9. The number of likely N-dealkylation sites (tertiary alicyclic amines) is 1. The molecule has 2 heterocycles. The van der Waals surface area contributed by atoms with Crippen molar-refractivity contribution < 1.29 is 27.8 Å². The van der Waals surface area contributed by atoms with Crippen LogP contribution in [0.3, 0.4) is 0 Å². The number of carbonyl (C=O) groups is 1. The number of rotatable bonds is 8. The normalized spacial score (nSPS) is 23.7. The summed E-state index contributed by atoms with van der Waals surface area (Å²) in [4.78, 5) is 17.1. The third-order valence-corrected chi connectivity index (χ3v) is 7.94. The van der Waals surface area contributed by atoms with Crippen LogP contribution in [0, 0.1) is 17.8 Å². The van der Waals surface area contributed by atoms with Gasteiger partial charge in [0, 0.05) is 13.1 Å². The van der Waals surface area contributed by atoms with Crippen molar-refractivity contribution in [1.29, 1.82) is 0 Å². The summed E-state index contributed by atoms with van der Waals surface area (Å²) in [6.07, 6.45) is 2.22. The fourth-order valence-electron chi connectivity index (χ4n) is 5.84. The van der Waals surface area contributed by atoms with E-state index in [0.717, 1.165) is 36.5 Å². The summed E-state index contributed by atoms with van der Waals surface area (Å²) in [5, 5.41) is 9.62. The van der Waals surface area contributed by atoms with Gasteiger partial charge < -0.3 is 14.7 Å². The molecule has 0 aromatic heterocycles. The Labute approximate surface area is 210 Å². The van der Waals surface area contributed by atoms with Crippen LogP contribution in [0.2, 0.25) is 0 Å². The van der Waals surface area contributed by atoms with Crippen molar-refractivity contribution in [1.82, 2.24) is 4.90 Å². The molecule has 0 bridgehead atoms. The van der Waals surface area contributed by atoms with Crippen molar-refractivity contribution in [2.24, 2.45) is 22.7 Å². The maximum Gasteiger partial charge on any atom is 0.419 e. The number of carboxylic acid groups (broad SMARTS) is 1. The molecule has 8 heteroatoms. The lowest BCUT2D eigenvalue weighted by molar-refractivity contribution is -0.142. The molecule has 1 N–H and O–H groups in total. The van der Waals surface area contributed by atoms with E-state index in [4.69, 9.17) is 4.74 Å². The van der Waals surface area contributed by atoms with E-state index >= 15 is 0 Å². The molecular weight excluding hydrogens is 469 g/mol. The van der Waals surface area contributed by atoms with Crippen LogP contribution in [0.15, 0.2) is 46.7 Å². The number of nitrogens with zero attached hydrogens (tertiary/aromatic N) is 2. The lowest BCUT2D eigenvalue weighted by Gasteiger charge is -2.39. The Morgan fingerprint density at radius 2 is 1.92 bits per heavy atom. The van der Waals surface area contributed by atoms with Gasteiger partial charge in [0.2, 0.25) is 0 Å². The van der Waals surface area contributed by atoms with Gasteiger partial charge in [-0.05, 0) is 80.2 Å². The maximum atomic E-state index is 13.6. The molecule has 1 unspecified atom stereocenters. The number of ether oxygens (including phenoxy) is 1. The number of hydrogen-bond acceptors (Lipinski definition) is 4. The number of piperidine rings is 1. The molecule has 3 atom stereocenters. The van der Waals surface area contributed by atoms with Gasteiger partial charge >= 0.3 is 12.1 Å². The Balaban J connectivity index is 1.46. The molecule has 36 heavy (non-hydrogen) atoms. The minimum absolute atomic E-state index is 0.00656. The zero-order chi connectivity index (χ0) is 26.0. The van der Waals surface area contributed by atoms with Gasteiger partial charge in [-0.15, -0.1) is 0 Å². The van der Waals surface area contributed by atoms with Crippen LogP contribution in [0.4, 0.5) is 13.2 Å². The summed E-state index contributed by atoms with van der Waals surface area (Å²) in [6, 6.07) is 6.31. The lowest BCUT2D eigenvalue weighted by Crippen LogP contribution is -2.40. The molecule has 5 nitrogen and oxygen atoms in total. The molecule has 0 radical (unpaired) electrons. The third-order valence-electron chi connectivity index (χ3n) is 7.94. The van der Waals surface area contributed by atoms with E-state index in [9.17, 15) is 23.1 Å². The van der Waals surface area contributed by atoms with Crippen molar-refractivity contribution in [2.45, 2.75) is 70.8 Å². The summed E-state index contributed by atoms with van der Waals surface area (Å²) >= 11 is 0. The largest absolute Gasteiger partial charge is 0.481 e. The third kappa shape index (κ3) is 5.69. The standard InChI is InChI=1S/C28H35F3N2O3/c1-4-5-23(28(29,30)31)26(32-3)33-12-10-18(11-13-33)24-15-22-14-20(8-9-21(22)16-36-24)25(19-6-7-19)17(2)27(34)35/h4-5,8-9,14,17-19,24-25H,3,6-7,10-13,15-16H2,1-2H3,(H,34,35)/b5-4-,26-23-/t17-,24?,25-/m0/s1. The molecule has 3 aliphatic rings. The second-order valence-electron chi connectivity index (χ2n) is 10.3. The molecule has 1 aliphatic carbocycles. The van der Waals surface area contributed by atoms with Crippen molar-refractivity contribution in [3.63, 3.8) is 0 Å². The average Bonchev–Trinajstić information content (AvgIpc) is 3.68. The number of allylic oxidation sites excluding steroid dienone is 3. The first kappa shape index (κ1) is 26.5. The number of carboxylic acids is 1. The van der Waals surface area contributed by atoms with E-state index in [1.54, 1.807) is 18.7 Å². The summed E-state index contributed by atoms with van der Waals surface area (Å²) in [5.74, 6) is -0.619. The van der Waals surface area contributed by atoms with Crippen LogP contribution in [-0.2, 0) is 22.6 Å². The van der Waals surface area contributed by atoms with E-state index in [1.807, 2.05) is 0 Å². The number of alkyl halides is 3. The van der Waals surface area contributed by atoms with Gasteiger partial charge in [-0.3, -0.25) is 4.79 Å². The summed E-state index contributed by atoms with van der Waals surface area (Å²) in [5.41, 5.74) is 2.66. The van der Waals surface area contributed by atoms with Crippen LogP contribution in [0.5, 0.6) is 0 Å². The molecule has 196 valence electrons. The topological polar surface area (TPSA) is 62.1 Å². The lowest BCUT2D eigenvalue weighted by atomic mass is 9.80. The first-order valence-corrected chi connectivity index (χ1v) is 12.8. The summed E-state index contributed by atoms with van der Waals surface area (Å²) < 4.78 is 46.9. The molecule has 0 amide bonds. The minimum Gasteiger partial charge on any atom is -0.481 e. The molecule has 2 fully saturated rings. The van der Waals surface area contributed by atoms with Crippen LogP contribution < -0.4 is 0 Å². The Morgan fingerprint density at radius 3 is 2.47 bits per heavy atom. The Morgan fingerprint density at radius 1 is 1.22 bits per heavy atom. The van der Waals surface area contributed by atoms with Crippen LogP contribution in [-0.4, -0.2) is 48.1 Å². The summed E-state index contributed by atoms with van der Waals surface area (Å²) in [6.45, 7) is 8.18. The number of fused-ring (bicyclic) bond motifs is 1. The van der Waals surface area contributed by atoms with E-state index in [2.05, 4.69) is 29.9 Å². The number of aliphatic imine (C=N–C) groups is 1. The highest BCUT2D eigenvalue weighted by Gasteiger charge is 2.40. The molecule has 2 aliphatic heterocycles. The second kappa shape index (κ2) is 10.8. The molecule has 0 spiro atoms. The number of hydrogen-bond donors (Lipinski definition) is 1. The van der Waals surface area contributed by atoms with E-state index < -0.39 is 23.6 Å². The molecule has 1 aromatic rings.